The molecule has 0 bridgehead atoms. The van der Waals surface area contributed by atoms with Crippen LogP contribution in [0.1, 0.15) is 29.7 Å². The van der Waals surface area contributed by atoms with Gasteiger partial charge in [0.05, 0.1) is 29.1 Å². The Morgan fingerprint density at radius 2 is 2.16 bits per heavy atom. The number of anilines is 1. The quantitative estimate of drug-likeness (QED) is 0.252. The number of aromatic nitrogens is 6. The zero-order valence-electron chi connectivity index (χ0n) is 16.3. The van der Waals surface area contributed by atoms with E-state index in [2.05, 4.69) is 41.4 Å². The van der Waals surface area contributed by atoms with E-state index in [-0.39, 0.29) is 11.6 Å². The molecule has 0 unspecified atom stereocenters. The fourth-order valence-electron chi connectivity index (χ4n) is 3.18. The van der Waals surface area contributed by atoms with Crippen molar-refractivity contribution < 1.29 is 10.1 Å². The molecule has 1 aliphatic rings. The van der Waals surface area contributed by atoms with Crippen LogP contribution in [0.2, 0.25) is 0 Å². The number of aromatic amines is 2. The second kappa shape index (κ2) is 7.42. The molecule has 0 atom stereocenters. The molecule has 1 aromatic carbocycles. The van der Waals surface area contributed by atoms with Crippen molar-refractivity contribution in [3.8, 4) is 11.9 Å². The summed E-state index contributed by atoms with van der Waals surface area (Å²) in [7, 11) is 0. The van der Waals surface area contributed by atoms with Crippen LogP contribution in [0, 0.1) is 11.3 Å². The molecule has 0 spiro atoms. The summed E-state index contributed by atoms with van der Waals surface area (Å²) in [6, 6.07) is 9.84. The number of fused-ring (bicyclic) bond motifs is 1. The molecule has 31 heavy (non-hydrogen) atoms. The Morgan fingerprint density at radius 1 is 1.32 bits per heavy atom. The molecule has 0 amide bonds. The molecule has 3 heterocycles. The molecule has 1 aliphatic carbocycles. The van der Waals surface area contributed by atoms with Crippen LogP contribution in [0.25, 0.3) is 11.7 Å². The van der Waals surface area contributed by atoms with E-state index in [0.29, 0.717) is 40.6 Å². The summed E-state index contributed by atoms with van der Waals surface area (Å²) in [4.78, 5) is 28.7. The van der Waals surface area contributed by atoms with E-state index < -0.39 is 5.69 Å². The minimum absolute atomic E-state index is 0.229. The number of aromatic hydroxyl groups is 1. The van der Waals surface area contributed by atoms with Crippen molar-refractivity contribution in [3.05, 3.63) is 68.6 Å². The van der Waals surface area contributed by atoms with Crippen molar-refractivity contribution in [2.24, 2.45) is 0 Å². The summed E-state index contributed by atoms with van der Waals surface area (Å²) >= 11 is 0. The number of hydrogen-bond donors (Lipinski definition) is 5. The molecule has 0 aliphatic heterocycles. The predicted molar refractivity (Wildman–Crippen MR) is 108 cm³/mol. The van der Waals surface area contributed by atoms with Crippen LogP contribution < -0.4 is 26.8 Å². The molecule has 1 fully saturated rings. The smallest absolute Gasteiger partial charge is 0.421 e. The fourth-order valence-corrected chi connectivity index (χ4v) is 3.18. The molecule has 5 rings (SSSR count). The van der Waals surface area contributed by atoms with E-state index in [9.17, 15) is 15.2 Å². The van der Waals surface area contributed by atoms with Gasteiger partial charge in [0.1, 0.15) is 5.69 Å². The first-order valence-corrected chi connectivity index (χ1v) is 9.71. The first-order chi connectivity index (χ1) is 15.1. The van der Waals surface area contributed by atoms with E-state index in [1.807, 2.05) is 18.2 Å². The van der Waals surface area contributed by atoms with Gasteiger partial charge in [-0.25, -0.2) is 4.79 Å². The molecule has 11 nitrogen and oxygen atoms in total. The number of nitrogens with one attached hydrogen (secondary N) is 4. The van der Waals surface area contributed by atoms with Crippen LogP contribution in [-0.2, 0) is 6.54 Å². The second-order valence-corrected chi connectivity index (χ2v) is 7.23. The zero-order chi connectivity index (χ0) is 21.4. The van der Waals surface area contributed by atoms with Gasteiger partial charge in [-0.1, -0.05) is 22.7 Å². The number of benzene rings is 1. The summed E-state index contributed by atoms with van der Waals surface area (Å²) in [5.74, 6) is 0.103. The Morgan fingerprint density at radius 3 is 2.90 bits per heavy atom. The van der Waals surface area contributed by atoms with E-state index >= 15 is 0 Å². The largest absolute Gasteiger partial charge is 0.493 e. The molecule has 4 aromatic rings. The Bertz CT molecular complexity index is 1500. The van der Waals surface area contributed by atoms with E-state index in [0.717, 1.165) is 18.4 Å². The second-order valence-electron chi connectivity index (χ2n) is 7.23. The Hall–Kier alpha value is -4.46. The summed E-state index contributed by atoms with van der Waals surface area (Å²) in [5, 5.41) is 27.3. The summed E-state index contributed by atoms with van der Waals surface area (Å²) in [6.45, 7) is 0.377. The Balaban J connectivity index is 1.60. The van der Waals surface area contributed by atoms with Gasteiger partial charge in [0, 0.05) is 6.54 Å². The molecule has 3 aromatic heterocycles. The maximum atomic E-state index is 11.4. The zero-order valence-corrected chi connectivity index (χ0v) is 16.3. The molecule has 11 heteroatoms. The molecular weight excluding hydrogens is 398 g/mol. The van der Waals surface area contributed by atoms with Crippen molar-refractivity contribution >= 4 is 17.7 Å². The van der Waals surface area contributed by atoms with Gasteiger partial charge in [-0.3, -0.25) is 9.98 Å². The van der Waals surface area contributed by atoms with E-state index in [4.69, 9.17) is 0 Å². The van der Waals surface area contributed by atoms with Gasteiger partial charge < -0.3 is 15.4 Å². The third kappa shape index (κ3) is 3.74. The highest BCUT2D eigenvalue weighted by atomic mass is 16.3. The van der Waals surface area contributed by atoms with Crippen molar-refractivity contribution in [1.82, 2.24) is 29.5 Å². The lowest BCUT2D eigenvalue weighted by Gasteiger charge is -2.04. The number of imidazole rings is 1. The maximum Gasteiger partial charge on any atom is 0.421 e. The normalized spacial score (nSPS) is 14.8. The molecule has 154 valence electrons. The van der Waals surface area contributed by atoms with Gasteiger partial charge in [0.15, 0.2) is 0 Å². The number of hydrogen-bond acceptors (Lipinski definition) is 7. The average Bonchev–Trinajstić information content (AvgIpc) is 3.41. The van der Waals surface area contributed by atoms with Crippen molar-refractivity contribution in [2.45, 2.75) is 25.4 Å². The van der Waals surface area contributed by atoms with Crippen LogP contribution >= 0.6 is 0 Å². The molecule has 0 saturated heterocycles. The van der Waals surface area contributed by atoms with Crippen molar-refractivity contribution in [3.63, 3.8) is 0 Å². The number of nitrogens with zero attached hydrogens (tertiary/aromatic N) is 5. The topological polar surface area (TPSA) is 162 Å². The van der Waals surface area contributed by atoms with Gasteiger partial charge in [-0.2, -0.15) is 10.2 Å². The first kappa shape index (κ1) is 18.6. The lowest BCUT2D eigenvalue weighted by Crippen LogP contribution is -2.80. The minimum Gasteiger partial charge on any atom is -0.493 e. The summed E-state index contributed by atoms with van der Waals surface area (Å²) in [6.07, 6.45) is 5.28. The SMILES string of the molecule is N#Cc1ccccc1CNc1nc(=[NH+]C2CC2)n2ncc(=Cc3[nH]c(=O)[nH]c3O)c2n1. The highest BCUT2D eigenvalue weighted by Crippen LogP contribution is 2.12. The van der Waals surface area contributed by atoms with Gasteiger partial charge in [0.25, 0.3) is 0 Å². The average molecular weight is 416 g/mol. The van der Waals surface area contributed by atoms with Crippen LogP contribution in [0.4, 0.5) is 5.95 Å². The minimum atomic E-state index is -0.510. The number of rotatable bonds is 5. The molecule has 0 radical (unpaired) electrons. The van der Waals surface area contributed by atoms with Gasteiger partial charge in [-0.05, 0) is 35.5 Å². The predicted octanol–water partition coefficient (Wildman–Crippen LogP) is -1.98. The monoisotopic (exact) mass is 416 g/mol. The fraction of sp³-hybridized carbons (Fsp3) is 0.200. The molecule has 5 N–H and O–H groups in total. The van der Waals surface area contributed by atoms with Gasteiger partial charge >= 0.3 is 17.3 Å². The van der Waals surface area contributed by atoms with Crippen LogP contribution in [0.3, 0.4) is 0 Å². The third-order valence-corrected chi connectivity index (χ3v) is 4.92. The Labute approximate surface area is 174 Å². The standard InChI is InChI=1S/C20H17N9O2/c21-8-11-3-1-2-4-12(11)9-22-18-26-16-13(7-15-17(30)27-20(31)25-15)10-23-29(16)19(28-18)24-14-5-6-14/h1-4,7,10,14,30H,5-6,9H2,(H,22,24,28)(H2,25,27,31)/p+1. The first-order valence-electron chi connectivity index (χ1n) is 9.71. The van der Waals surface area contributed by atoms with Crippen molar-refractivity contribution in [1.29, 1.82) is 5.26 Å². The van der Waals surface area contributed by atoms with Crippen LogP contribution in [-0.4, -0.2) is 40.7 Å². The molecular formula is C20H18N9O2+. The summed E-state index contributed by atoms with van der Waals surface area (Å²) in [5.41, 5.74) is 2.17. The Kier molecular flexibility index (Phi) is 4.44. The van der Waals surface area contributed by atoms with Crippen molar-refractivity contribution in [2.75, 3.05) is 5.32 Å². The third-order valence-electron chi connectivity index (χ3n) is 4.92. The highest BCUT2D eigenvalue weighted by molar-refractivity contribution is 5.57. The van der Waals surface area contributed by atoms with Crippen LogP contribution in [0.5, 0.6) is 5.88 Å². The van der Waals surface area contributed by atoms with Gasteiger partial charge in [0.2, 0.25) is 11.5 Å². The molecule has 1 saturated carbocycles. The summed E-state index contributed by atoms with van der Waals surface area (Å²) < 4.78 is 1.58. The van der Waals surface area contributed by atoms with E-state index in [1.165, 1.54) is 0 Å². The lowest BCUT2D eigenvalue weighted by molar-refractivity contribution is -0.523. The number of nitriles is 1. The van der Waals surface area contributed by atoms with E-state index in [1.54, 1.807) is 22.9 Å². The number of H-pyrrole nitrogens is 2. The van der Waals surface area contributed by atoms with Crippen LogP contribution in [0.15, 0.2) is 35.3 Å². The highest BCUT2D eigenvalue weighted by Gasteiger charge is 2.24. The lowest BCUT2D eigenvalue weighted by atomic mass is 10.1. The maximum absolute atomic E-state index is 11.4. The van der Waals surface area contributed by atoms with Gasteiger partial charge in [-0.15, -0.1) is 5.10 Å².